The van der Waals surface area contributed by atoms with Crippen LogP contribution in [0, 0.1) is 0 Å². The minimum absolute atomic E-state index is 0.0972. The molecule has 1 N–H and O–H groups in total. The van der Waals surface area contributed by atoms with Crippen molar-refractivity contribution in [2.75, 3.05) is 18.1 Å². The molecule has 5 heteroatoms. The average molecular weight is 313 g/mol. The Kier molecular flexibility index (Phi) is 6.68. The molecule has 0 aromatic heterocycles. The summed E-state index contributed by atoms with van der Waals surface area (Å²) in [5.41, 5.74) is 1.30. The highest BCUT2D eigenvalue weighted by Gasteiger charge is 2.08. The van der Waals surface area contributed by atoms with E-state index in [1.54, 1.807) is 6.92 Å². The van der Waals surface area contributed by atoms with Crippen molar-refractivity contribution < 1.29 is 13.2 Å². The van der Waals surface area contributed by atoms with Crippen molar-refractivity contribution in [3.63, 3.8) is 0 Å². The van der Waals surface area contributed by atoms with Gasteiger partial charge in [-0.1, -0.05) is 19.1 Å². The highest BCUT2D eigenvalue weighted by molar-refractivity contribution is 7.91. The molecule has 120 valence electrons. The van der Waals surface area contributed by atoms with E-state index >= 15 is 0 Å². The van der Waals surface area contributed by atoms with E-state index in [2.05, 4.69) is 26.1 Å². The SMILES string of the molecule is CCS(=O)(=O)CCCOc1ccc(CNC(C)(C)C)cc1. The Morgan fingerprint density at radius 1 is 1.14 bits per heavy atom. The van der Waals surface area contributed by atoms with E-state index in [4.69, 9.17) is 4.74 Å². The van der Waals surface area contributed by atoms with Gasteiger partial charge in [0.2, 0.25) is 0 Å². The summed E-state index contributed by atoms with van der Waals surface area (Å²) in [6.07, 6.45) is 0.531. The summed E-state index contributed by atoms with van der Waals surface area (Å²) in [4.78, 5) is 0. The number of ether oxygens (including phenoxy) is 1. The first kappa shape index (κ1) is 18.0. The molecule has 0 saturated carbocycles. The lowest BCUT2D eigenvalue weighted by Gasteiger charge is -2.20. The zero-order chi connectivity index (χ0) is 15.9. The molecule has 0 atom stereocenters. The summed E-state index contributed by atoms with van der Waals surface area (Å²) in [5, 5.41) is 3.43. The predicted molar refractivity (Wildman–Crippen MR) is 87.5 cm³/mol. The zero-order valence-corrected chi connectivity index (χ0v) is 14.3. The fraction of sp³-hybridized carbons (Fsp3) is 0.625. The largest absolute Gasteiger partial charge is 0.494 e. The van der Waals surface area contributed by atoms with Crippen LogP contribution in [-0.4, -0.2) is 32.1 Å². The molecule has 1 aromatic carbocycles. The third-order valence-corrected chi connectivity index (χ3v) is 4.84. The lowest BCUT2D eigenvalue weighted by atomic mass is 10.1. The molecule has 0 saturated heterocycles. The van der Waals surface area contributed by atoms with Gasteiger partial charge in [-0.3, -0.25) is 0 Å². The lowest BCUT2D eigenvalue weighted by molar-refractivity contribution is 0.317. The average Bonchev–Trinajstić information content (AvgIpc) is 2.42. The number of sulfone groups is 1. The van der Waals surface area contributed by atoms with Crippen molar-refractivity contribution in [3.05, 3.63) is 29.8 Å². The molecule has 0 fully saturated rings. The maximum absolute atomic E-state index is 11.3. The van der Waals surface area contributed by atoms with Crippen molar-refractivity contribution in [1.82, 2.24) is 5.32 Å². The van der Waals surface area contributed by atoms with Crippen LogP contribution in [0.3, 0.4) is 0 Å². The van der Waals surface area contributed by atoms with Crippen molar-refractivity contribution in [2.45, 2.75) is 46.2 Å². The van der Waals surface area contributed by atoms with Gasteiger partial charge < -0.3 is 10.1 Å². The third kappa shape index (κ3) is 8.07. The Bertz CT molecular complexity index is 515. The molecule has 0 aliphatic carbocycles. The van der Waals surface area contributed by atoms with Crippen LogP contribution < -0.4 is 10.1 Å². The molecule has 0 heterocycles. The van der Waals surface area contributed by atoms with Crippen molar-refractivity contribution in [1.29, 1.82) is 0 Å². The van der Waals surface area contributed by atoms with Crippen molar-refractivity contribution >= 4 is 9.84 Å². The quantitative estimate of drug-likeness (QED) is 0.750. The summed E-state index contributed by atoms with van der Waals surface area (Å²) in [6, 6.07) is 7.90. The highest BCUT2D eigenvalue weighted by Crippen LogP contribution is 2.13. The first-order valence-corrected chi connectivity index (χ1v) is 9.21. The van der Waals surface area contributed by atoms with E-state index in [-0.39, 0.29) is 17.0 Å². The summed E-state index contributed by atoms with van der Waals surface area (Å²) in [5.74, 6) is 1.17. The molecule has 1 rings (SSSR count). The van der Waals surface area contributed by atoms with Gasteiger partial charge in [-0.05, 0) is 44.9 Å². The smallest absolute Gasteiger partial charge is 0.150 e. The van der Waals surface area contributed by atoms with Gasteiger partial charge >= 0.3 is 0 Å². The zero-order valence-electron chi connectivity index (χ0n) is 13.5. The molecule has 0 radical (unpaired) electrons. The van der Waals surface area contributed by atoms with E-state index in [1.807, 2.05) is 24.3 Å². The van der Waals surface area contributed by atoms with Crippen LogP contribution in [0.15, 0.2) is 24.3 Å². The maximum atomic E-state index is 11.3. The Balaban J connectivity index is 2.35. The summed E-state index contributed by atoms with van der Waals surface area (Å²) < 4.78 is 28.3. The number of hydrogen-bond donors (Lipinski definition) is 1. The molecule has 1 aromatic rings. The molecule has 0 bridgehead atoms. The monoisotopic (exact) mass is 313 g/mol. The Morgan fingerprint density at radius 2 is 1.76 bits per heavy atom. The molecule has 0 amide bonds. The van der Waals surface area contributed by atoms with E-state index in [0.717, 1.165) is 12.3 Å². The minimum Gasteiger partial charge on any atom is -0.494 e. The van der Waals surface area contributed by atoms with Crippen LogP contribution >= 0.6 is 0 Å². The van der Waals surface area contributed by atoms with Gasteiger partial charge in [0.25, 0.3) is 0 Å². The second-order valence-corrected chi connectivity index (χ2v) is 8.66. The molecule has 0 spiro atoms. The summed E-state index contributed by atoms with van der Waals surface area (Å²) in [7, 11) is -2.89. The fourth-order valence-corrected chi connectivity index (χ4v) is 2.53. The Hall–Kier alpha value is -1.07. The topological polar surface area (TPSA) is 55.4 Å². The Labute approximate surface area is 128 Å². The van der Waals surface area contributed by atoms with E-state index < -0.39 is 9.84 Å². The van der Waals surface area contributed by atoms with Gasteiger partial charge in [0.05, 0.1) is 12.4 Å². The second-order valence-electron chi connectivity index (χ2n) is 6.19. The maximum Gasteiger partial charge on any atom is 0.150 e. The molecule has 4 nitrogen and oxygen atoms in total. The van der Waals surface area contributed by atoms with Crippen molar-refractivity contribution in [3.8, 4) is 5.75 Å². The number of rotatable bonds is 8. The summed E-state index contributed by atoms with van der Waals surface area (Å²) in [6.45, 7) is 9.32. The van der Waals surface area contributed by atoms with Gasteiger partial charge in [-0.15, -0.1) is 0 Å². The summed E-state index contributed by atoms with van der Waals surface area (Å²) >= 11 is 0. The third-order valence-electron chi connectivity index (χ3n) is 3.05. The first-order valence-electron chi connectivity index (χ1n) is 7.39. The fourth-order valence-electron chi connectivity index (χ4n) is 1.68. The van der Waals surface area contributed by atoms with E-state index in [1.165, 1.54) is 5.56 Å². The molecular formula is C16H27NO3S. The first-order chi connectivity index (χ1) is 9.72. The highest BCUT2D eigenvalue weighted by atomic mass is 32.2. The van der Waals surface area contributed by atoms with Crippen LogP contribution in [0.4, 0.5) is 0 Å². The van der Waals surface area contributed by atoms with Crippen LogP contribution in [0.2, 0.25) is 0 Å². The minimum atomic E-state index is -2.89. The number of nitrogens with one attached hydrogen (secondary N) is 1. The standard InChI is InChI=1S/C16H27NO3S/c1-5-21(18,19)12-6-11-20-15-9-7-14(8-10-15)13-17-16(2,3)4/h7-10,17H,5-6,11-13H2,1-4H3. The van der Waals surface area contributed by atoms with E-state index in [9.17, 15) is 8.42 Å². The van der Waals surface area contributed by atoms with E-state index in [0.29, 0.717) is 13.0 Å². The van der Waals surface area contributed by atoms with Gasteiger partial charge in [0.15, 0.2) is 0 Å². The Morgan fingerprint density at radius 3 is 2.29 bits per heavy atom. The number of benzene rings is 1. The normalized spacial score (nSPS) is 12.4. The molecule has 0 unspecified atom stereocenters. The molecule has 21 heavy (non-hydrogen) atoms. The van der Waals surface area contributed by atoms with Gasteiger partial charge in [-0.2, -0.15) is 0 Å². The van der Waals surface area contributed by atoms with Crippen LogP contribution in [0.1, 0.15) is 39.7 Å². The lowest BCUT2D eigenvalue weighted by Crippen LogP contribution is -2.35. The van der Waals surface area contributed by atoms with Crippen LogP contribution in [-0.2, 0) is 16.4 Å². The van der Waals surface area contributed by atoms with Gasteiger partial charge in [0, 0.05) is 17.8 Å². The molecular weight excluding hydrogens is 286 g/mol. The van der Waals surface area contributed by atoms with Crippen molar-refractivity contribution in [2.24, 2.45) is 0 Å². The van der Waals surface area contributed by atoms with Gasteiger partial charge in [0.1, 0.15) is 15.6 Å². The van der Waals surface area contributed by atoms with Crippen LogP contribution in [0.5, 0.6) is 5.75 Å². The molecule has 0 aliphatic rings. The molecule has 0 aliphatic heterocycles. The second kappa shape index (κ2) is 7.80. The number of hydrogen-bond acceptors (Lipinski definition) is 4. The predicted octanol–water partition coefficient (Wildman–Crippen LogP) is 2.78. The van der Waals surface area contributed by atoms with Gasteiger partial charge in [-0.25, -0.2) is 8.42 Å². The van der Waals surface area contributed by atoms with Crippen LogP contribution in [0.25, 0.3) is 0 Å².